The second-order valence-corrected chi connectivity index (χ2v) is 7.08. The molecule has 0 radical (unpaired) electrons. The fourth-order valence-corrected chi connectivity index (χ4v) is 3.52. The second-order valence-electron chi connectivity index (χ2n) is 5.48. The number of hydrogen-bond acceptors (Lipinski definition) is 5. The molecule has 0 bridgehead atoms. The van der Waals surface area contributed by atoms with Crippen LogP contribution < -0.4 is 4.90 Å². The number of pyridine rings is 1. The Morgan fingerprint density at radius 2 is 1.96 bits per heavy atom. The maximum atomic E-state index is 6.31. The van der Waals surface area contributed by atoms with E-state index in [1.165, 1.54) is 0 Å². The van der Waals surface area contributed by atoms with E-state index in [0.717, 1.165) is 33.4 Å². The molecule has 0 spiro atoms. The molecule has 0 aliphatic carbocycles. The number of rotatable bonds is 2. The lowest BCUT2D eigenvalue weighted by Crippen LogP contribution is -2.37. The molecule has 1 aliphatic heterocycles. The lowest BCUT2D eigenvalue weighted by Gasteiger charge is -2.29. The molecule has 3 heterocycles. The first-order chi connectivity index (χ1) is 11.7. The first-order valence-electron chi connectivity index (χ1n) is 7.63. The summed E-state index contributed by atoms with van der Waals surface area (Å²) < 4.78 is 6.60. The second kappa shape index (κ2) is 6.78. The van der Waals surface area contributed by atoms with Crippen molar-refractivity contribution in [2.45, 2.75) is 0 Å². The van der Waals surface area contributed by atoms with E-state index in [9.17, 15) is 0 Å². The third-order valence-corrected chi connectivity index (χ3v) is 4.89. The summed E-state index contributed by atoms with van der Waals surface area (Å²) in [5.74, 6) is 1.55. The Bertz CT molecular complexity index is 899. The Labute approximate surface area is 158 Å². The monoisotopic (exact) mass is 452 g/mol. The van der Waals surface area contributed by atoms with E-state index in [1.807, 2.05) is 24.3 Å². The molecule has 0 atom stereocenters. The Morgan fingerprint density at radius 3 is 2.75 bits per heavy atom. The van der Waals surface area contributed by atoms with Crippen molar-refractivity contribution in [2.24, 2.45) is 0 Å². The van der Waals surface area contributed by atoms with Crippen molar-refractivity contribution in [3.05, 3.63) is 45.3 Å². The minimum absolute atomic E-state index is 0.399. The number of nitrogens with zero attached hydrogens (tertiary/aromatic N) is 4. The van der Waals surface area contributed by atoms with E-state index in [1.54, 1.807) is 6.20 Å². The predicted molar refractivity (Wildman–Crippen MR) is 104 cm³/mol. The molecule has 1 aromatic carbocycles. The van der Waals surface area contributed by atoms with E-state index in [2.05, 4.69) is 43.5 Å². The van der Waals surface area contributed by atoms with Gasteiger partial charge in [-0.3, -0.25) is 0 Å². The van der Waals surface area contributed by atoms with Crippen LogP contribution >= 0.6 is 34.2 Å². The molecule has 3 aromatic rings. The summed E-state index contributed by atoms with van der Waals surface area (Å²) in [6.07, 6.45) is 1.70. The van der Waals surface area contributed by atoms with Crippen LogP contribution in [-0.4, -0.2) is 41.3 Å². The number of benzene rings is 1. The van der Waals surface area contributed by atoms with E-state index in [0.29, 0.717) is 29.7 Å². The van der Waals surface area contributed by atoms with Crippen molar-refractivity contribution in [1.29, 1.82) is 0 Å². The topological polar surface area (TPSA) is 51.1 Å². The molecule has 1 fully saturated rings. The van der Waals surface area contributed by atoms with Crippen molar-refractivity contribution in [1.82, 2.24) is 15.0 Å². The molecule has 0 amide bonds. The number of halogens is 2. The van der Waals surface area contributed by atoms with Crippen LogP contribution in [0.4, 0.5) is 5.82 Å². The van der Waals surface area contributed by atoms with E-state index in [4.69, 9.17) is 21.3 Å². The molecule has 0 saturated carbocycles. The standard InChI is InChI=1S/C17H14ClIN4O/c18-15-14-13(4-5-20-15)17(23-6-8-24-9-7-23)22-16(21-14)11-2-1-3-12(19)10-11/h1-5,10H,6-9H2. The smallest absolute Gasteiger partial charge is 0.162 e. The fraction of sp³-hybridized carbons (Fsp3) is 0.235. The number of aromatic nitrogens is 3. The molecule has 4 rings (SSSR count). The van der Waals surface area contributed by atoms with Gasteiger partial charge in [-0.15, -0.1) is 0 Å². The van der Waals surface area contributed by atoms with Crippen LogP contribution in [0.15, 0.2) is 36.5 Å². The van der Waals surface area contributed by atoms with Crippen molar-refractivity contribution in [3.8, 4) is 11.4 Å². The van der Waals surface area contributed by atoms with Crippen molar-refractivity contribution >= 4 is 50.9 Å². The fourth-order valence-electron chi connectivity index (χ4n) is 2.78. The van der Waals surface area contributed by atoms with Gasteiger partial charge in [0.1, 0.15) is 11.3 Å². The largest absolute Gasteiger partial charge is 0.378 e. The van der Waals surface area contributed by atoms with E-state index in [-0.39, 0.29) is 0 Å². The SMILES string of the molecule is Clc1nccc2c(N3CCOCC3)nc(-c3cccc(I)c3)nc12. The molecule has 24 heavy (non-hydrogen) atoms. The van der Waals surface area contributed by atoms with Gasteiger partial charge in [0, 0.05) is 33.8 Å². The third kappa shape index (κ3) is 3.05. The number of fused-ring (bicyclic) bond motifs is 1. The van der Waals surface area contributed by atoms with Gasteiger partial charge >= 0.3 is 0 Å². The molecule has 1 saturated heterocycles. The molecular formula is C17H14ClIN4O. The highest BCUT2D eigenvalue weighted by atomic mass is 127. The summed E-state index contributed by atoms with van der Waals surface area (Å²) in [7, 11) is 0. The first-order valence-corrected chi connectivity index (χ1v) is 9.09. The van der Waals surface area contributed by atoms with Crippen LogP contribution in [0.3, 0.4) is 0 Å². The number of ether oxygens (including phenoxy) is 1. The summed E-state index contributed by atoms with van der Waals surface area (Å²) in [4.78, 5) is 15.9. The van der Waals surface area contributed by atoms with Crippen molar-refractivity contribution in [2.75, 3.05) is 31.2 Å². The van der Waals surface area contributed by atoms with E-state index < -0.39 is 0 Å². The first kappa shape index (κ1) is 16.0. The highest BCUT2D eigenvalue weighted by Crippen LogP contribution is 2.31. The van der Waals surface area contributed by atoms with Crippen LogP contribution in [0.1, 0.15) is 0 Å². The maximum absolute atomic E-state index is 6.31. The number of morpholine rings is 1. The molecule has 7 heteroatoms. The number of hydrogen-bond donors (Lipinski definition) is 0. The van der Waals surface area contributed by atoms with Crippen LogP contribution in [-0.2, 0) is 4.74 Å². The van der Waals surface area contributed by atoms with Crippen LogP contribution in [0.2, 0.25) is 5.15 Å². The van der Waals surface area contributed by atoms with Crippen LogP contribution in [0, 0.1) is 3.57 Å². The maximum Gasteiger partial charge on any atom is 0.162 e. The van der Waals surface area contributed by atoms with Gasteiger partial charge in [-0.05, 0) is 40.8 Å². The summed E-state index contributed by atoms with van der Waals surface area (Å²) in [6.45, 7) is 3.00. The molecule has 2 aromatic heterocycles. The van der Waals surface area contributed by atoms with Crippen LogP contribution in [0.5, 0.6) is 0 Å². The summed E-state index contributed by atoms with van der Waals surface area (Å²) >= 11 is 8.60. The summed E-state index contributed by atoms with van der Waals surface area (Å²) in [5.41, 5.74) is 1.66. The quantitative estimate of drug-likeness (QED) is 0.437. The zero-order chi connectivity index (χ0) is 16.5. The molecular weight excluding hydrogens is 439 g/mol. The molecule has 122 valence electrons. The highest BCUT2D eigenvalue weighted by Gasteiger charge is 2.19. The van der Waals surface area contributed by atoms with Crippen molar-refractivity contribution in [3.63, 3.8) is 0 Å². The Morgan fingerprint density at radius 1 is 1.12 bits per heavy atom. The van der Waals surface area contributed by atoms with Crippen molar-refractivity contribution < 1.29 is 4.74 Å². The molecule has 0 unspecified atom stereocenters. The van der Waals surface area contributed by atoms with Gasteiger partial charge in [0.25, 0.3) is 0 Å². The van der Waals surface area contributed by atoms with Gasteiger partial charge < -0.3 is 9.64 Å². The predicted octanol–water partition coefficient (Wildman–Crippen LogP) is 3.79. The lowest BCUT2D eigenvalue weighted by atomic mass is 10.2. The molecule has 1 aliphatic rings. The highest BCUT2D eigenvalue weighted by molar-refractivity contribution is 14.1. The molecule has 0 N–H and O–H groups in total. The van der Waals surface area contributed by atoms with Crippen LogP contribution in [0.25, 0.3) is 22.3 Å². The minimum Gasteiger partial charge on any atom is -0.378 e. The normalized spacial score (nSPS) is 15.0. The molecule has 5 nitrogen and oxygen atoms in total. The third-order valence-electron chi connectivity index (χ3n) is 3.94. The average Bonchev–Trinajstić information content (AvgIpc) is 2.62. The summed E-state index contributed by atoms with van der Waals surface area (Å²) in [6, 6.07) is 10.0. The van der Waals surface area contributed by atoms with Gasteiger partial charge in [0.15, 0.2) is 11.0 Å². The van der Waals surface area contributed by atoms with Gasteiger partial charge in [-0.1, -0.05) is 23.7 Å². The van der Waals surface area contributed by atoms with E-state index >= 15 is 0 Å². The average molecular weight is 453 g/mol. The minimum atomic E-state index is 0.399. The summed E-state index contributed by atoms with van der Waals surface area (Å²) in [5, 5.41) is 1.32. The van der Waals surface area contributed by atoms with Gasteiger partial charge in [-0.25, -0.2) is 15.0 Å². The number of anilines is 1. The van der Waals surface area contributed by atoms with Gasteiger partial charge in [0.2, 0.25) is 0 Å². The Hall–Kier alpha value is -1.51. The zero-order valence-electron chi connectivity index (χ0n) is 12.7. The zero-order valence-corrected chi connectivity index (χ0v) is 15.7. The van der Waals surface area contributed by atoms with Gasteiger partial charge in [-0.2, -0.15) is 0 Å². The lowest BCUT2D eigenvalue weighted by molar-refractivity contribution is 0.122. The Balaban J connectivity index is 1.93. The van der Waals surface area contributed by atoms with Gasteiger partial charge in [0.05, 0.1) is 13.2 Å². The Kier molecular flexibility index (Phi) is 4.51.